The summed E-state index contributed by atoms with van der Waals surface area (Å²) in [5, 5.41) is 12.4. The van der Waals surface area contributed by atoms with Gasteiger partial charge in [0.15, 0.2) is 11.5 Å². The number of aryl methyl sites for hydroxylation is 1. The maximum atomic E-state index is 12.7. The summed E-state index contributed by atoms with van der Waals surface area (Å²) < 4.78 is 12.3. The van der Waals surface area contributed by atoms with Crippen LogP contribution in [0.15, 0.2) is 76.8 Å². The summed E-state index contributed by atoms with van der Waals surface area (Å²) in [4.78, 5) is 12.7. The van der Waals surface area contributed by atoms with Crippen LogP contribution in [0.2, 0.25) is 0 Å². The number of hydrogen-bond acceptors (Lipinski definition) is 4. The van der Waals surface area contributed by atoms with Gasteiger partial charge in [-0.3, -0.25) is 4.79 Å². The molecular formula is C26H23BrN2O3. The van der Waals surface area contributed by atoms with Crippen molar-refractivity contribution >= 4 is 33.6 Å². The van der Waals surface area contributed by atoms with E-state index in [1.807, 2.05) is 61.5 Å². The first-order chi connectivity index (χ1) is 15.5. The van der Waals surface area contributed by atoms with Gasteiger partial charge in [-0.1, -0.05) is 65.3 Å². The van der Waals surface area contributed by atoms with Gasteiger partial charge in [-0.15, -0.1) is 0 Å². The summed E-state index contributed by atoms with van der Waals surface area (Å²) in [5.74, 6) is 0.627. The van der Waals surface area contributed by atoms with Crippen LogP contribution >= 0.6 is 15.9 Å². The molecule has 0 aromatic heterocycles. The van der Waals surface area contributed by atoms with Crippen molar-refractivity contribution in [3.63, 3.8) is 0 Å². The molecule has 0 atom stereocenters. The highest BCUT2D eigenvalue weighted by molar-refractivity contribution is 9.10. The molecule has 162 valence electrons. The molecule has 0 aliphatic carbocycles. The zero-order valence-electron chi connectivity index (χ0n) is 17.9. The van der Waals surface area contributed by atoms with Crippen LogP contribution in [-0.4, -0.2) is 13.0 Å². The van der Waals surface area contributed by atoms with Crippen LogP contribution in [0, 0.1) is 11.3 Å². The number of carbonyl (C=O) groups excluding carboxylic acids is 1. The van der Waals surface area contributed by atoms with Crippen molar-refractivity contribution < 1.29 is 14.3 Å². The number of benzene rings is 3. The first-order valence-electron chi connectivity index (χ1n) is 10.1. The summed E-state index contributed by atoms with van der Waals surface area (Å²) in [6.45, 7) is 2.38. The minimum absolute atomic E-state index is 0.000145. The molecule has 0 saturated heterocycles. The lowest BCUT2D eigenvalue weighted by Crippen LogP contribution is -2.14. The molecule has 0 saturated carbocycles. The molecule has 0 spiro atoms. The maximum Gasteiger partial charge on any atom is 0.266 e. The Kier molecular flexibility index (Phi) is 8.07. The molecular weight excluding hydrogens is 468 g/mol. The number of methoxy groups -OCH3 is 1. The minimum Gasteiger partial charge on any atom is -0.493 e. The van der Waals surface area contributed by atoms with Crippen molar-refractivity contribution in [3.8, 4) is 17.6 Å². The van der Waals surface area contributed by atoms with Crippen LogP contribution in [0.5, 0.6) is 11.5 Å². The van der Waals surface area contributed by atoms with E-state index in [0.717, 1.165) is 22.0 Å². The fourth-order valence-electron chi connectivity index (χ4n) is 3.12. The van der Waals surface area contributed by atoms with E-state index in [9.17, 15) is 10.1 Å². The van der Waals surface area contributed by atoms with Crippen molar-refractivity contribution in [2.45, 2.75) is 20.0 Å². The highest BCUT2D eigenvalue weighted by atomic mass is 79.9. The van der Waals surface area contributed by atoms with Crippen LogP contribution in [0.4, 0.5) is 5.69 Å². The monoisotopic (exact) mass is 490 g/mol. The molecule has 1 N–H and O–H groups in total. The van der Waals surface area contributed by atoms with E-state index in [4.69, 9.17) is 9.47 Å². The van der Waals surface area contributed by atoms with E-state index in [2.05, 4.69) is 21.2 Å². The molecule has 0 aliphatic heterocycles. The average Bonchev–Trinajstić information content (AvgIpc) is 2.82. The Bertz CT molecular complexity index is 1180. The van der Waals surface area contributed by atoms with Crippen LogP contribution in [0.25, 0.3) is 6.08 Å². The van der Waals surface area contributed by atoms with Crippen LogP contribution in [-0.2, 0) is 17.8 Å². The lowest BCUT2D eigenvalue weighted by atomic mass is 10.1. The van der Waals surface area contributed by atoms with Crippen molar-refractivity contribution in [2.75, 3.05) is 12.4 Å². The van der Waals surface area contributed by atoms with Crippen molar-refractivity contribution in [2.24, 2.45) is 0 Å². The van der Waals surface area contributed by atoms with Crippen LogP contribution < -0.4 is 14.8 Å². The molecule has 1 amide bonds. The van der Waals surface area contributed by atoms with E-state index in [-0.39, 0.29) is 5.57 Å². The van der Waals surface area contributed by atoms with Crippen molar-refractivity contribution in [3.05, 3.63) is 93.5 Å². The predicted molar refractivity (Wildman–Crippen MR) is 130 cm³/mol. The average molecular weight is 491 g/mol. The second kappa shape index (κ2) is 11.2. The summed E-state index contributed by atoms with van der Waals surface area (Å²) in [7, 11) is 1.55. The zero-order valence-corrected chi connectivity index (χ0v) is 19.5. The fraction of sp³-hybridized carbons (Fsp3) is 0.154. The number of rotatable bonds is 8. The lowest BCUT2D eigenvalue weighted by Gasteiger charge is -2.12. The second-order valence-electron chi connectivity index (χ2n) is 6.93. The minimum atomic E-state index is -0.457. The highest BCUT2D eigenvalue weighted by Gasteiger charge is 2.13. The Labute approximate surface area is 196 Å². The molecule has 3 rings (SSSR count). The van der Waals surface area contributed by atoms with E-state index in [0.29, 0.717) is 29.4 Å². The molecule has 5 nitrogen and oxygen atoms in total. The molecule has 0 unspecified atom stereocenters. The summed E-state index contributed by atoms with van der Waals surface area (Å²) >= 11 is 3.51. The van der Waals surface area contributed by atoms with Gasteiger partial charge in [0.2, 0.25) is 0 Å². The van der Waals surface area contributed by atoms with E-state index in [1.54, 1.807) is 25.3 Å². The smallest absolute Gasteiger partial charge is 0.266 e. The van der Waals surface area contributed by atoms with Gasteiger partial charge >= 0.3 is 0 Å². The SMILES string of the molecule is CCc1ccccc1NC(=O)/C(C#N)=C/c1ccc(OCc2ccccc2Br)c(OC)c1. The number of amides is 1. The number of hydrogen-bond donors (Lipinski definition) is 1. The molecule has 32 heavy (non-hydrogen) atoms. The van der Waals surface area contributed by atoms with Crippen molar-refractivity contribution in [1.29, 1.82) is 5.26 Å². The predicted octanol–water partition coefficient (Wildman–Crippen LogP) is 6.14. The lowest BCUT2D eigenvalue weighted by molar-refractivity contribution is -0.112. The van der Waals surface area contributed by atoms with Gasteiger partial charge < -0.3 is 14.8 Å². The Morgan fingerprint density at radius 2 is 1.78 bits per heavy atom. The number of nitrogens with zero attached hydrogens (tertiary/aromatic N) is 1. The van der Waals surface area contributed by atoms with E-state index in [1.165, 1.54) is 6.08 Å². The van der Waals surface area contributed by atoms with Gasteiger partial charge in [-0.2, -0.15) is 5.26 Å². The summed E-state index contributed by atoms with van der Waals surface area (Å²) in [5.41, 5.74) is 3.38. The largest absolute Gasteiger partial charge is 0.493 e. The van der Waals surface area contributed by atoms with Crippen LogP contribution in [0.1, 0.15) is 23.6 Å². The third-order valence-electron chi connectivity index (χ3n) is 4.85. The summed E-state index contributed by atoms with van der Waals surface area (Å²) in [6, 6.07) is 22.6. The third-order valence-corrected chi connectivity index (χ3v) is 5.62. The number of para-hydroxylation sites is 1. The molecule has 6 heteroatoms. The molecule has 0 aliphatic rings. The maximum absolute atomic E-state index is 12.7. The molecule has 0 heterocycles. The quantitative estimate of drug-likeness (QED) is 0.303. The topological polar surface area (TPSA) is 71.4 Å². The number of carbonyl (C=O) groups is 1. The first kappa shape index (κ1) is 23.1. The second-order valence-corrected chi connectivity index (χ2v) is 7.78. The molecule has 0 radical (unpaired) electrons. The number of nitriles is 1. The Hall–Kier alpha value is -3.56. The number of ether oxygens (including phenoxy) is 2. The Morgan fingerprint density at radius 3 is 2.47 bits per heavy atom. The van der Waals surface area contributed by atoms with Gasteiger partial charge in [-0.25, -0.2) is 0 Å². The molecule has 3 aromatic carbocycles. The van der Waals surface area contributed by atoms with Crippen molar-refractivity contribution in [1.82, 2.24) is 0 Å². The Balaban J connectivity index is 1.78. The fourth-order valence-corrected chi connectivity index (χ4v) is 3.52. The van der Waals surface area contributed by atoms with Gasteiger partial charge in [0.05, 0.1) is 7.11 Å². The standard InChI is InChI=1S/C26H23BrN2O3/c1-3-19-8-5-7-11-23(19)29-26(30)21(16-28)14-18-12-13-24(25(15-18)31-2)32-17-20-9-4-6-10-22(20)27/h4-15H,3,17H2,1-2H3,(H,29,30)/b21-14+. The van der Waals surface area contributed by atoms with Gasteiger partial charge in [-0.05, 0) is 47.9 Å². The van der Waals surface area contributed by atoms with E-state index >= 15 is 0 Å². The molecule has 3 aromatic rings. The third kappa shape index (κ3) is 5.77. The molecule has 0 fully saturated rings. The number of anilines is 1. The number of halogens is 1. The van der Waals surface area contributed by atoms with E-state index < -0.39 is 5.91 Å². The zero-order chi connectivity index (χ0) is 22.9. The highest BCUT2D eigenvalue weighted by Crippen LogP contribution is 2.30. The van der Waals surface area contributed by atoms with Gasteiger partial charge in [0.1, 0.15) is 18.2 Å². The Morgan fingerprint density at radius 1 is 1.06 bits per heavy atom. The van der Waals surface area contributed by atoms with Crippen LogP contribution in [0.3, 0.4) is 0 Å². The first-order valence-corrected chi connectivity index (χ1v) is 10.9. The summed E-state index contributed by atoms with van der Waals surface area (Å²) in [6.07, 6.45) is 2.31. The van der Waals surface area contributed by atoms with Gasteiger partial charge in [0, 0.05) is 15.7 Å². The molecule has 0 bridgehead atoms. The number of nitrogens with one attached hydrogen (secondary N) is 1. The normalized spacial score (nSPS) is 10.9. The van der Waals surface area contributed by atoms with Gasteiger partial charge in [0.25, 0.3) is 5.91 Å².